The molecular formula is C35H48N2O4. The summed E-state index contributed by atoms with van der Waals surface area (Å²) in [6.07, 6.45) is 4.72. The van der Waals surface area contributed by atoms with Crippen LogP contribution in [0.3, 0.4) is 0 Å². The molecule has 41 heavy (non-hydrogen) atoms. The zero-order valence-corrected chi connectivity index (χ0v) is 26.0. The van der Waals surface area contributed by atoms with Crippen LogP contribution in [0.15, 0.2) is 65.8 Å². The Bertz CT molecular complexity index is 1260. The van der Waals surface area contributed by atoms with Gasteiger partial charge in [-0.25, -0.2) is 0 Å². The number of aliphatic hydroxyl groups excluding tert-OH is 1. The first-order valence-corrected chi connectivity index (χ1v) is 14.7. The number of amides is 1. The number of aliphatic hydroxyl groups is 1. The number of carbonyl (C=O) groups excluding carboxylic acids is 2. The van der Waals surface area contributed by atoms with Gasteiger partial charge in [0.15, 0.2) is 0 Å². The molecule has 0 saturated carbocycles. The van der Waals surface area contributed by atoms with Gasteiger partial charge in [-0.1, -0.05) is 62.4 Å². The van der Waals surface area contributed by atoms with Crippen molar-refractivity contribution in [1.82, 2.24) is 10.2 Å². The number of aryl methyl sites for hydroxylation is 2. The minimum atomic E-state index is -0.751. The van der Waals surface area contributed by atoms with E-state index in [1.165, 1.54) is 23.8 Å². The second-order valence-electron chi connectivity index (χ2n) is 12.1. The third-order valence-corrected chi connectivity index (χ3v) is 8.04. The maximum atomic E-state index is 14.1. The SMILES string of the molecule is COC(=O)C[C@H](NC(=O)C(CC(C)C)C1C=C(CCN(C)C)C(C)=CC1O)c1cccc(-c2c(C)cccc2C)c1. The molecule has 4 atom stereocenters. The first-order chi connectivity index (χ1) is 19.4. The van der Waals surface area contributed by atoms with Crippen molar-refractivity contribution in [3.63, 3.8) is 0 Å². The first-order valence-electron chi connectivity index (χ1n) is 14.7. The predicted octanol–water partition coefficient (Wildman–Crippen LogP) is 6.17. The van der Waals surface area contributed by atoms with Crippen LogP contribution < -0.4 is 5.32 Å². The molecule has 3 unspecified atom stereocenters. The van der Waals surface area contributed by atoms with Crippen LogP contribution in [0.1, 0.15) is 62.8 Å². The number of hydrogen-bond acceptors (Lipinski definition) is 5. The number of methoxy groups -OCH3 is 1. The lowest BCUT2D eigenvalue weighted by atomic mass is 9.76. The van der Waals surface area contributed by atoms with Crippen molar-refractivity contribution in [1.29, 1.82) is 0 Å². The Kier molecular flexibility index (Phi) is 11.5. The summed E-state index contributed by atoms with van der Waals surface area (Å²) in [7, 11) is 5.45. The summed E-state index contributed by atoms with van der Waals surface area (Å²) in [5.41, 5.74) is 7.60. The molecular weight excluding hydrogens is 512 g/mol. The Morgan fingerprint density at radius 2 is 1.68 bits per heavy atom. The van der Waals surface area contributed by atoms with Gasteiger partial charge < -0.3 is 20.1 Å². The summed E-state index contributed by atoms with van der Waals surface area (Å²) in [4.78, 5) is 28.7. The summed E-state index contributed by atoms with van der Waals surface area (Å²) in [5, 5.41) is 14.3. The summed E-state index contributed by atoms with van der Waals surface area (Å²) in [5.74, 6) is -1.11. The van der Waals surface area contributed by atoms with Crippen molar-refractivity contribution < 1.29 is 19.4 Å². The fraction of sp³-hybridized carbons (Fsp3) is 0.486. The summed E-state index contributed by atoms with van der Waals surface area (Å²) >= 11 is 0. The molecule has 0 aliphatic heterocycles. The zero-order chi connectivity index (χ0) is 30.3. The van der Waals surface area contributed by atoms with Crippen molar-refractivity contribution in [2.75, 3.05) is 27.7 Å². The van der Waals surface area contributed by atoms with E-state index in [-0.39, 0.29) is 24.2 Å². The van der Waals surface area contributed by atoms with Crippen LogP contribution in [0.5, 0.6) is 0 Å². The second-order valence-corrected chi connectivity index (χ2v) is 12.1. The van der Waals surface area contributed by atoms with Gasteiger partial charge in [-0.15, -0.1) is 0 Å². The second kappa shape index (κ2) is 14.6. The van der Waals surface area contributed by atoms with Crippen LogP contribution >= 0.6 is 0 Å². The van der Waals surface area contributed by atoms with Crippen molar-refractivity contribution >= 4 is 11.9 Å². The Labute approximate surface area is 246 Å². The summed E-state index contributed by atoms with van der Waals surface area (Å²) < 4.78 is 5.02. The normalized spacial score (nSPS) is 18.5. The van der Waals surface area contributed by atoms with Gasteiger partial charge in [-0.05, 0) is 98.7 Å². The molecule has 1 aliphatic rings. The van der Waals surface area contributed by atoms with Crippen LogP contribution in [0.25, 0.3) is 11.1 Å². The lowest BCUT2D eigenvalue weighted by Crippen LogP contribution is -2.42. The maximum absolute atomic E-state index is 14.1. The van der Waals surface area contributed by atoms with Gasteiger partial charge in [0.2, 0.25) is 5.91 Å². The number of hydrogen-bond donors (Lipinski definition) is 2. The smallest absolute Gasteiger partial charge is 0.307 e. The molecule has 3 rings (SSSR count). The molecule has 0 bridgehead atoms. The van der Waals surface area contributed by atoms with E-state index >= 15 is 0 Å². The van der Waals surface area contributed by atoms with Gasteiger partial charge in [-0.2, -0.15) is 0 Å². The van der Waals surface area contributed by atoms with Crippen LogP contribution in [0, 0.1) is 31.6 Å². The van der Waals surface area contributed by atoms with Gasteiger partial charge in [0.05, 0.1) is 25.7 Å². The van der Waals surface area contributed by atoms with Crippen LogP contribution in [0.4, 0.5) is 0 Å². The van der Waals surface area contributed by atoms with Crippen molar-refractivity contribution in [2.24, 2.45) is 17.8 Å². The van der Waals surface area contributed by atoms with Crippen molar-refractivity contribution in [3.05, 3.63) is 82.5 Å². The Hall–Kier alpha value is -3.22. The molecule has 0 aromatic heterocycles. The molecule has 0 spiro atoms. The number of carbonyl (C=O) groups is 2. The van der Waals surface area contributed by atoms with E-state index in [2.05, 4.69) is 68.3 Å². The molecule has 1 aliphatic carbocycles. The number of benzene rings is 2. The van der Waals surface area contributed by atoms with Crippen LogP contribution in [-0.4, -0.2) is 55.7 Å². The molecule has 0 heterocycles. The fourth-order valence-electron chi connectivity index (χ4n) is 5.82. The van der Waals surface area contributed by atoms with Gasteiger partial charge in [0.1, 0.15) is 0 Å². The average molecular weight is 561 g/mol. The molecule has 0 radical (unpaired) electrons. The van der Waals surface area contributed by atoms with Gasteiger partial charge >= 0.3 is 5.97 Å². The lowest BCUT2D eigenvalue weighted by molar-refractivity contribution is -0.141. The number of esters is 1. The summed E-state index contributed by atoms with van der Waals surface area (Å²) in [6.45, 7) is 11.3. The highest BCUT2D eigenvalue weighted by Gasteiger charge is 2.35. The number of allylic oxidation sites excluding steroid dienone is 1. The molecule has 6 heteroatoms. The van der Waals surface area contributed by atoms with Crippen molar-refractivity contribution in [3.8, 4) is 11.1 Å². The topological polar surface area (TPSA) is 78.9 Å². The Morgan fingerprint density at radius 1 is 1.02 bits per heavy atom. The van der Waals surface area contributed by atoms with E-state index in [1.807, 2.05) is 45.3 Å². The molecule has 222 valence electrons. The first kappa shape index (κ1) is 32.3. The standard InChI is InChI=1S/C35H48N2O4/c1-22(2)17-30(29-20-26(15-16-37(6)7)25(5)18-32(29)38)35(40)36-31(21-33(39)41-8)27-13-10-14-28(19-27)34-23(3)11-9-12-24(34)4/h9-14,18-20,22,29-32,38H,15-17,21H2,1-8H3,(H,36,40)/t29?,30?,31-,32?/m0/s1. The molecule has 6 nitrogen and oxygen atoms in total. The molecule has 2 N–H and O–H groups in total. The van der Waals surface area contributed by atoms with Crippen LogP contribution in [-0.2, 0) is 14.3 Å². The third kappa shape index (κ3) is 8.64. The van der Waals surface area contributed by atoms with E-state index < -0.39 is 24.0 Å². The Balaban J connectivity index is 1.96. The predicted molar refractivity (Wildman–Crippen MR) is 166 cm³/mol. The quantitative estimate of drug-likeness (QED) is 0.304. The largest absolute Gasteiger partial charge is 0.469 e. The van der Waals surface area contributed by atoms with E-state index in [0.717, 1.165) is 35.2 Å². The zero-order valence-electron chi connectivity index (χ0n) is 26.0. The number of nitrogens with one attached hydrogen (secondary N) is 1. The number of nitrogens with zero attached hydrogens (tertiary/aromatic N) is 1. The highest BCUT2D eigenvalue weighted by atomic mass is 16.5. The van der Waals surface area contributed by atoms with E-state index in [4.69, 9.17) is 4.74 Å². The van der Waals surface area contributed by atoms with Crippen molar-refractivity contribution in [2.45, 2.75) is 66.0 Å². The minimum Gasteiger partial charge on any atom is -0.469 e. The van der Waals surface area contributed by atoms with E-state index in [9.17, 15) is 14.7 Å². The fourth-order valence-corrected chi connectivity index (χ4v) is 5.82. The maximum Gasteiger partial charge on any atom is 0.307 e. The highest BCUT2D eigenvalue weighted by molar-refractivity contribution is 5.81. The van der Waals surface area contributed by atoms with Gasteiger partial charge in [0.25, 0.3) is 0 Å². The average Bonchev–Trinajstić information content (AvgIpc) is 2.91. The van der Waals surface area contributed by atoms with Gasteiger partial charge in [-0.3, -0.25) is 9.59 Å². The molecule has 1 amide bonds. The van der Waals surface area contributed by atoms with Gasteiger partial charge in [0, 0.05) is 18.4 Å². The highest BCUT2D eigenvalue weighted by Crippen LogP contribution is 2.35. The Morgan fingerprint density at radius 3 is 2.29 bits per heavy atom. The third-order valence-electron chi connectivity index (χ3n) is 8.04. The molecule has 2 aromatic rings. The number of ether oxygens (including phenoxy) is 1. The summed E-state index contributed by atoms with van der Waals surface area (Å²) in [6, 6.07) is 13.7. The number of rotatable bonds is 12. The lowest BCUT2D eigenvalue weighted by Gasteiger charge is -2.33. The minimum absolute atomic E-state index is 0.0169. The molecule has 0 saturated heterocycles. The van der Waals surface area contributed by atoms with E-state index in [1.54, 1.807) is 0 Å². The monoisotopic (exact) mass is 560 g/mol. The van der Waals surface area contributed by atoms with E-state index in [0.29, 0.717) is 6.42 Å². The molecule has 2 aromatic carbocycles. The van der Waals surface area contributed by atoms with Crippen LogP contribution in [0.2, 0.25) is 0 Å². The molecule has 0 fully saturated rings.